The molecule has 0 spiro atoms. The molecule has 34 heavy (non-hydrogen) atoms. The third-order valence-corrected chi connectivity index (χ3v) is 6.12. The summed E-state index contributed by atoms with van der Waals surface area (Å²) in [6.07, 6.45) is 3.50. The van der Waals surface area contributed by atoms with Gasteiger partial charge in [0.25, 0.3) is 0 Å². The molecule has 6 rings (SSSR count). The van der Waals surface area contributed by atoms with E-state index in [9.17, 15) is 4.79 Å². The fourth-order valence-electron chi connectivity index (χ4n) is 4.25. The molecule has 0 saturated carbocycles. The Balaban J connectivity index is 1.20. The van der Waals surface area contributed by atoms with Crippen LogP contribution in [0.4, 0.5) is 11.6 Å². The van der Waals surface area contributed by atoms with Gasteiger partial charge < -0.3 is 10.2 Å². The molecule has 1 N–H and O–H groups in total. The van der Waals surface area contributed by atoms with Crippen LogP contribution in [0.15, 0.2) is 97.5 Å². The highest BCUT2D eigenvalue weighted by atomic mass is 16.2. The van der Waals surface area contributed by atoms with Gasteiger partial charge in [0, 0.05) is 36.5 Å². The number of carbonyl (C=O) groups excluding carboxylic acids is 1. The number of rotatable bonds is 5. The predicted molar refractivity (Wildman–Crippen MR) is 132 cm³/mol. The first kappa shape index (κ1) is 20.1. The van der Waals surface area contributed by atoms with Gasteiger partial charge in [0.05, 0.1) is 11.6 Å². The van der Waals surface area contributed by atoms with Crippen LogP contribution in [-0.2, 0) is 4.79 Å². The second-order valence-electron chi connectivity index (χ2n) is 8.32. The molecular weight excluding hydrogens is 424 g/mol. The van der Waals surface area contributed by atoms with Crippen molar-refractivity contribution < 1.29 is 4.79 Å². The van der Waals surface area contributed by atoms with Gasteiger partial charge in [-0.2, -0.15) is 0 Å². The average Bonchev–Trinajstić information content (AvgIpc) is 3.23. The van der Waals surface area contributed by atoms with E-state index in [4.69, 9.17) is 4.98 Å². The van der Waals surface area contributed by atoms with Gasteiger partial charge in [0.1, 0.15) is 29.3 Å². The number of carbonyl (C=O) groups is 1. The van der Waals surface area contributed by atoms with E-state index in [1.165, 1.54) is 0 Å². The van der Waals surface area contributed by atoms with Crippen molar-refractivity contribution in [3.8, 4) is 22.5 Å². The normalized spacial score (nSPS) is 13.6. The van der Waals surface area contributed by atoms with Crippen molar-refractivity contribution in [2.24, 2.45) is 5.92 Å². The van der Waals surface area contributed by atoms with Crippen molar-refractivity contribution in [3.63, 3.8) is 0 Å². The molecule has 0 atom stereocenters. The summed E-state index contributed by atoms with van der Waals surface area (Å²) in [4.78, 5) is 28.9. The highest BCUT2D eigenvalue weighted by Gasteiger charge is 2.34. The molecule has 0 aliphatic carbocycles. The van der Waals surface area contributed by atoms with Crippen LogP contribution in [0.3, 0.4) is 0 Å². The van der Waals surface area contributed by atoms with Crippen LogP contribution < -0.4 is 10.2 Å². The van der Waals surface area contributed by atoms with Crippen LogP contribution >= 0.6 is 0 Å². The minimum Gasteiger partial charge on any atom is -0.355 e. The van der Waals surface area contributed by atoms with E-state index in [1.54, 1.807) is 6.33 Å². The number of fused-ring (bicyclic) bond motifs is 1. The summed E-state index contributed by atoms with van der Waals surface area (Å²) in [7, 11) is 0. The van der Waals surface area contributed by atoms with Crippen LogP contribution in [0.1, 0.15) is 0 Å². The molecular formula is C27H22N6O. The number of nitrogens with one attached hydrogen (secondary N) is 1. The van der Waals surface area contributed by atoms with E-state index in [0.717, 1.165) is 34.0 Å². The van der Waals surface area contributed by atoms with E-state index >= 15 is 0 Å². The monoisotopic (exact) mass is 446 g/mol. The van der Waals surface area contributed by atoms with E-state index < -0.39 is 0 Å². The number of pyridine rings is 1. The largest absolute Gasteiger partial charge is 0.355 e. The van der Waals surface area contributed by atoms with Gasteiger partial charge in [-0.15, -0.1) is 0 Å². The van der Waals surface area contributed by atoms with Crippen molar-refractivity contribution >= 4 is 23.2 Å². The smallest absolute Gasteiger partial charge is 0.232 e. The molecule has 7 nitrogen and oxygen atoms in total. The molecule has 1 saturated heterocycles. The maximum absolute atomic E-state index is 13.2. The van der Waals surface area contributed by atoms with E-state index in [2.05, 4.69) is 20.2 Å². The number of aromatic nitrogens is 4. The Morgan fingerprint density at radius 3 is 2.32 bits per heavy atom. The molecule has 0 radical (unpaired) electrons. The number of benzene rings is 2. The molecule has 1 aliphatic heterocycles. The third-order valence-electron chi connectivity index (χ3n) is 6.12. The third kappa shape index (κ3) is 3.67. The summed E-state index contributed by atoms with van der Waals surface area (Å²) in [6.45, 7) is 1.21. The van der Waals surface area contributed by atoms with Gasteiger partial charge in [0.2, 0.25) is 5.91 Å². The molecule has 1 aliphatic rings. The van der Waals surface area contributed by atoms with Crippen molar-refractivity contribution in [3.05, 3.63) is 97.5 Å². The van der Waals surface area contributed by atoms with Crippen LogP contribution in [0.5, 0.6) is 0 Å². The van der Waals surface area contributed by atoms with Crippen LogP contribution in [-0.4, -0.2) is 38.3 Å². The summed E-state index contributed by atoms with van der Waals surface area (Å²) in [6, 6.07) is 27.7. The SMILES string of the molecule is O=C(Nc1c(-c2ccccc2)nc2ccccn12)C1CN(c2cc(-c3ccccc3)ncn2)C1. The Morgan fingerprint density at radius 1 is 0.853 bits per heavy atom. The highest BCUT2D eigenvalue weighted by Crippen LogP contribution is 2.31. The van der Waals surface area contributed by atoms with E-state index in [-0.39, 0.29) is 11.8 Å². The topological polar surface area (TPSA) is 75.4 Å². The zero-order valence-corrected chi connectivity index (χ0v) is 18.4. The van der Waals surface area contributed by atoms with Crippen LogP contribution in [0.2, 0.25) is 0 Å². The molecule has 1 fully saturated rings. The van der Waals surface area contributed by atoms with Crippen molar-refractivity contribution in [1.29, 1.82) is 0 Å². The Bertz CT molecular complexity index is 1460. The lowest BCUT2D eigenvalue weighted by Gasteiger charge is -2.39. The summed E-state index contributed by atoms with van der Waals surface area (Å²) < 4.78 is 1.92. The standard InChI is InChI=1S/C27H22N6O/c34-27(21-16-32(17-21)24-15-22(28-18-29-24)19-9-3-1-4-10-19)31-26-25(20-11-5-2-6-12-20)30-23-13-7-8-14-33(23)26/h1-15,18,21H,16-17H2,(H,31,34). The molecule has 0 unspecified atom stereocenters. The van der Waals surface area contributed by atoms with Gasteiger partial charge in [-0.25, -0.2) is 15.0 Å². The van der Waals surface area contributed by atoms with Gasteiger partial charge in [-0.3, -0.25) is 9.20 Å². The van der Waals surface area contributed by atoms with Crippen LogP contribution in [0.25, 0.3) is 28.2 Å². The lowest BCUT2D eigenvalue weighted by atomic mass is 9.99. The van der Waals surface area contributed by atoms with Gasteiger partial charge >= 0.3 is 0 Å². The fourth-order valence-corrected chi connectivity index (χ4v) is 4.25. The van der Waals surface area contributed by atoms with Crippen molar-refractivity contribution in [1.82, 2.24) is 19.4 Å². The average molecular weight is 447 g/mol. The second kappa shape index (κ2) is 8.44. The summed E-state index contributed by atoms with van der Waals surface area (Å²) >= 11 is 0. The molecule has 7 heteroatoms. The van der Waals surface area contributed by atoms with Crippen LogP contribution in [0, 0.1) is 5.92 Å². The first-order valence-electron chi connectivity index (χ1n) is 11.2. The first-order valence-corrected chi connectivity index (χ1v) is 11.2. The van der Waals surface area contributed by atoms with Crippen molar-refractivity contribution in [2.75, 3.05) is 23.3 Å². The van der Waals surface area contributed by atoms with E-state index in [0.29, 0.717) is 18.9 Å². The minimum atomic E-state index is -0.131. The molecule has 166 valence electrons. The zero-order valence-electron chi connectivity index (χ0n) is 18.4. The minimum absolute atomic E-state index is 0.0172. The summed E-state index contributed by atoms with van der Waals surface area (Å²) in [5.41, 5.74) is 4.44. The molecule has 3 aromatic heterocycles. The number of anilines is 2. The number of amides is 1. The molecule has 2 aromatic carbocycles. The molecule has 0 bridgehead atoms. The lowest BCUT2D eigenvalue weighted by Crippen LogP contribution is -2.52. The molecule has 5 aromatic rings. The van der Waals surface area contributed by atoms with Gasteiger partial charge in [-0.05, 0) is 12.1 Å². The molecule has 4 heterocycles. The Morgan fingerprint density at radius 2 is 1.56 bits per heavy atom. The predicted octanol–water partition coefficient (Wildman–Crippen LogP) is 4.53. The fraction of sp³-hybridized carbons (Fsp3) is 0.111. The van der Waals surface area contributed by atoms with Crippen molar-refractivity contribution in [2.45, 2.75) is 0 Å². The first-order chi connectivity index (χ1) is 16.8. The van der Waals surface area contributed by atoms with Gasteiger partial charge in [0.15, 0.2) is 0 Å². The number of nitrogens with zero attached hydrogens (tertiary/aromatic N) is 5. The Kier molecular flexibility index (Phi) is 4.99. The second-order valence-corrected chi connectivity index (χ2v) is 8.32. The molecule has 1 amide bonds. The number of hydrogen-bond donors (Lipinski definition) is 1. The summed E-state index contributed by atoms with van der Waals surface area (Å²) in [5.74, 6) is 1.38. The highest BCUT2D eigenvalue weighted by molar-refractivity contribution is 5.97. The maximum atomic E-state index is 13.2. The van der Waals surface area contributed by atoms with E-state index in [1.807, 2.05) is 95.5 Å². The zero-order chi connectivity index (χ0) is 22.9. The summed E-state index contributed by atoms with van der Waals surface area (Å²) in [5, 5.41) is 3.15. The Hall–Kier alpha value is -4.52. The Labute approximate surface area is 196 Å². The quantitative estimate of drug-likeness (QED) is 0.429. The van der Waals surface area contributed by atoms with Gasteiger partial charge in [-0.1, -0.05) is 66.7 Å². The number of hydrogen-bond acceptors (Lipinski definition) is 5. The number of imidazole rings is 1. The maximum Gasteiger partial charge on any atom is 0.232 e. The lowest BCUT2D eigenvalue weighted by molar-refractivity contribution is -0.120.